The lowest BCUT2D eigenvalue weighted by Crippen LogP contribution is -2.36. The van der Waals surface area contributed by atoms with E-state index in [-0.39, 0.29) is 6.54 Å². The summed E-state index contributed by atoms with van der Waals surface area (Å²) in [6.07, 6.45) is 1.01. The van der Waals surface area contributed by atoms with Gasteiger partial charge in [0, 0.05) is 11.6 Å². The third kappa shape index (κ3) is 6.78. The first kappa shape index (κ1) is 22.7. The maximum Gasteiger partial charge on any atom is 0.239 e. The van der Waals surface area contributed by atoms with Gasteiger partial charge in [0.05, 0.1) is 18.5 Å². The van der Waals surface area contributed by atoms with Crippen molar-refractivity contribution in [2.75, 3.05) is 18.1 Å². The molecule has 0 saturated carbocycles. The second kappa shape index (κ2) is 9.91. The van der Waals surface area contributed by atoms with E-state index in [1.807, 2.05) is 18.2 Å². The molecule has 9 heteroatoms. The molecule has 0 heterocycles. The maximum atomic E-state index is 13.1. The number of amides is 1. The van der Waals surface area contributed by atoms with E-state index >= 15 is 0 Å². The molecule has 0 saturated heterocycles. The SMILES string of the molecule is CS(=O)(=O)N(CC(=O)Nc1cc(Cl)ccc1Oc1ccccc1)Cc1ccc(F)cc1. The third-order valence-electron chi connectivity index (χ3n) is 4.25. The highest BCUT2D eigenvalue weighted by atomic mass is 35.5. The predicted octanol–water partition coefficient (Wildman–Crippen LogP) is 4.67. The maximum absolute atomic E-state index is 13.1. The van der Waals surface area contributed by atoms with E-state index in [2.05, 4.69) is 5.32 Å². The number of anilines is 1. The Morgan fingerprint density at radius 1 is 1.06 bits per heavy atom. The van der Waals surface area contributed by atoms with Crippen molar-refractivity contribution in [3.8, 4) is 11.5 Å². The number of rotatable bonds is 8. The number of para-hydroxylation sites is 1. The van der Waals surface area contributed by atoms with Crippen LogP contribution in [0.3, 0.4) is 0 Å². The largest absolute Gasteiger partial charge is 0.455 e. The summed E-state index contributed by atoms with van der Waals surface area (Å²) >= 11 is 6.06. The van der Waals surface area contributed by atoms with Gasteiger partial charge < -0.3 is 10.1 Å². The van der Waals surface area contributed by atoms with Crippen molar-refractivity contribution in [2.24, 2.45) is 0 Å². The molecular weight excluding hydrogens is 443 g/mol. The number of carbonyl (C=O) groups is 1. The number of nitrogens with zero attached hydrogens (tertiary/aromatic N) is 1. The lowest BCUT2D eigenvalue weighted by atomic mass is 10.2. The van der Waals surface area contributed by atoms with E-state index in [0.717, 1.165) is 10.6 Å². The molecule has 1 amide bonds. The van der Waals surface area contributed by atoms with Crippen LogP contribution in [0.1, 0.15) is 5.56 Å². The summed E-state index contributed by atoms with van der Waals surface area (Å²) in [7, 11) is -3.71. The highest BCUT2D eigenvalue weighted by Gasteiger charge is 2.21. The third-order valence-corrected chi connectivity index (χ3v) is 5.68. The van der Waals surface area contributed by atoms with Crippen molar-refractivity contribution in [3.63, 3.8) is 0 Å². The molecule has 0 aliphatic heterocycles. The molecule has 0 bridgehead atoms. The normalized spacial score (nSPS) is 11.4. The Balaban J connectivity index is 1.76. The van der Waals surface area contributed by atoms with Crippen LogP contribution >= 0.6 is 11.6 Å². The number of halogens is 2. The van der Waals surface area contributed by atoms with E-state index in [1.165, 1.54) is 30.3 Å². The molecule has 3 aromatic carbocycles. The van der Waals surface area contributed by atoms with Crippen molar-refractivity contribution in [1.29, 1.82) is 0 Å². The van der Waals surface area contributed by atoms with E-state index < -0.39 is 28.3 Å². The first-order valence-corrected chi connectivity index (χ1v) is 11.5. The molecule has 6 nitrogen and oxygen atoms in total. The Labute approximate surface area is 185 Å². The topological polar surface area (TPSA) is 75.7 Å². The molecule has 0 fully saturated rings. The van der Waals surface area contributed by atoms with Crippen LogP contribution in [0, 0.1) is 5.82 Å². The molecule has 0 aliphatic rings. The summed E-state index contributed by atoms with van der Waals surface area (Å²) in [5.41, 5.74) is 0.854. The summed E-state index contributed by atoms with van der Waals surface area (Å²) in [5.74, 6) is -0.0881. The number of hydrogen-bond acceptors (Lipinski definition) is 4. The smallest absolute Gasteiger partial charge is 0.239 e. The van der Waals surface area contributed by atoms with Crippen molar-refractivity contribution in [1.82, 2.24) is 4.31 Å². The summed E-state index contributed by atoms with van der Waals surface area (Å²) in [6.45, 7) is -0.511. The molecular formula is C22H20ClFN2O4S. The monoisotopic (exact) mass is 462 g/mol. The van der Waals surface area contributed by atoms with Crippen molar-refractivity contribution >= 4 is 33.2 Å². The molecule has 0 aliphatic carbocycles. The van der Waals surface area contributed by atoms with Crippen LogP contribution in [0.4, 0.5) is 10.1 Å². The van der Waals surface area contributed by atoms with Gasteiger partial charge >= 0.3 is 0 Å². The minimum absolute atomic E-state index is 0.0740. The number of hydrogen-bond donors (Lipinski definition) is 1. The molecule has 0 unspecified atom stereocenters. The van der Waals surface area contributed by atoms with Crippen molar-refractivity contribution in [3.05, 3.63) is 89.2 Å². The van der Waals surface area contributed by atoms with Crippen LogP contribution in [0.25, 0.3) is 0 Å². The Morgan fingerprint density at radius 3 is 2.39 bits per heavy atom. The number of benzene rings is 3. The van der Waals surface area contributed by atoms with Gasteiger partial charge in [-0.2, -0.15) is 4.31 Å². The number of nitrogens with one attached hydrogen (secondary N) is 1. The fraction of sp³-hybridized carbons (Fsp3) is 0.136. The Morgan fingerprint density at radius 2 is 1.74 bits per heavy atom. The first-order valence-electron chi connectivity index (χ1n) is 9.22. The van der Waals surface area contributed by atoms with Gasteiger partial charge in [-0.25, -0.2) is 12.8 Å². The fourth-order valence-electron chi connectivity index (χ4n) is 2.74. The Kier molecular flexibility index (Phi) is 7.27. The van der Waals surface area contributed by atoms with Crippen molar-refractivity contribution in [2.45, 2.75) is 6.54 Å². The van der Waals surface area contributed by atoms with Gasteiger partial charge in [0.15, 0.2) is 5.75 Å². The zero-order valence-electron chi connectivity index (χ0n) is 16.6. The second-order valence-electron chi connectivity index (χ2n) is 6.76. The average Bonchev–Trinajstić information content (AvgIpc) is 2.71. The standard InChI is InChI=1S/C22H20ClFN2O4S/c1-31(28,29)26(14-16-7-10-18(24)11-8-16)15-22(27)25-20-13-17(23)9-12-21(20)30-19-5-3-2-4-6-19/h2-13H,14-15H2,1H3,(H,25,27). The highest BCUT2D eigenvalue weighted by Crippen LogP contribution is 2.32. The zero-order valence-corrected chi connectivity index (χ0v) is 18.2. The quantitative estimate of drug-likeness (QED) is 0.527. The Hall–Kier alpha value is -2.94. The summed E-state index contributed by atoms with van der Waals surface area (Å²) in [4.78, 5) is 12.7. The average molecular weight is 463 g/mol. The number of ether oxygens (including phenoxy) is 1. The highest BCUT2D eigenvalue weighted by molar-refractivity contribution is 7.88. The molecule has 31 heavy (non-hydrogen) atoms. The van der Waals surface area contributed by atoms with Gasteiger partial charge in [0.25, 0.3) is 0 Å². The lowest BCUT2D eigenvalue weighted by molar-refractivity contribution is -0.116. The molecule has 3 aromatic rings. The van der Waals surface area contributed by atoms with Gasteiger partial charge in [0.1, 0.15) is 11.6 Å². The van der Waals surface area contributed by atoms with Crippen LogP contribution in [-0.2, 0) is 21.4 Å². The van der Waals surface area contributed by atoms with Gasteiger partial charge in [-0.3, -0.25) is 4.79 Å². The van der Waals surface area contributed by atoms with Crippen LogP contribution in [0.15, 0.2) is 72.8 Å². The minimum atomic E-state index is -3.71. The molecule has 0 spiro atoms. The molecule has 0 aromatic heterocycles. The molecule has 3 rings (SSSR count). The van der Waals surface area contributed by atoms with E-state index in [9.17, 15) is 17.6 Å². The molecule has 0 radical (unpaired) electrons. The predicted molar refractivity (Wildman–Crippen MR) is 118 cm³/mol. The van der Waals surface area contributed by atoms with Crippen molar-refractivity contribution < 1.29 is 22.3 Å². The number of sulfonamides is 1. The summed E-state index contributed by atoms with van der Waals surface area (Å²) in [5, 5.41) is 3.03. The lowest BCUT2D eigenvalue weighted by Gasteiger charge is -2.20. The van der Waals surface area contributed by atoms with Crippen LogP contribution in [0.2, 0.25) is 5.02 Å². The second-order valence-corrected chi connectivity index (χ2v) is 9.18. The molecule has 0 atom stereocenters. The summed E-state index contributed by atoms with van der Waals surface area (Å²) < 4.78 is 44.3. The van der Waals surface area contributed by atoms with Gasteiger partial charge in [0.2, 0.25) is 15.9 Å². The van der Waals surface area contributed by atoms with Crippen LogP contribution in [0.5, 0.6) is 11.5 Å². The van der Waals surface area contributed by atoms with Gasteiger partial charge in [-0.1, -0.05) is 41.9 Å². The fourth-order valence-corrected chi connectivity index (χ4v) is 3.65. The molecule has 162 valence electrons. The van der Waals surface area contributed by atoms with Gasteiger partial charge in [-0.15, -0.1) is 0 Å². The van der Waals surface area contributed by atoms with E-state index in [1.54, 1.807) is 24.3 Å². The zero-order chi connectivity index (χ0) is 22.4. The van der Waals surface area contributed by atoms with E-state index in [4.69, 9.17) is 16.3 Å². The van der Waals surface area contributed by atoms with Crippen LogP contribution < -0.4 is 10.1 Å². The Bertz CT molecular complexity index is 1160. The minimum Gasteiger partial charge on any atom is -0.455 e. The van der Waals surface area contributed by atoms with E-state index in [0.29, 0.717) is 27.8 Å². The van der Waals surface area contributed by atoms with Crippen LogP contribution in [-0.4, -0.2) is 31.4 Å². The first-order chi connectivity index (χ1) is 14.7. The molecule has 1 N–H and O–H groups in total. The van der Waals surface area contributed by atoms with Gasteiger partial charge in [-0.05, 0) is 48.0 Å². The number of carbonyl (C=O) groups excluding carboxylic acids is 1. The summed E-state index contributed by atoms with van der Waals surface area (Å²) in [6, 6.07) is 19.1.